The van der Waals surface area contributed by atoms with E-state index < -0.39 is 0 Å². The van der Waals surface area contributed by atoms with Crippen molar-refractivity contribution in [3.63, 3.8) is 0 Å². The van der Waals surface area contributed by atoms with E-state index in [1.165, 1.54) is 12.8 Å². The lowest BCUT2D eigenvalue weighted by Crippen LogP contribution is -2.38. The van der Waals surface area contributed by atoms with Crippen molar-refractivity contribution < 1.29 is 9.59 Å². The lowest BCUT2D eigenvalue weighted by Gasteiger charge is -2.21. The number of amides is 2. The number of benzene rings is 1. The van der Waals surface area contributed by atoms with E-state index in [-0.39, 0.29) is 23.8 Å². The molecule has 0 saturated carbocycles. The number of nitrogens with zero attached hydrogens (tertiary/aromatic N) is 3. The maximum Gasteiger partial charge on any atom is 0.245 e. The first-order chi connectivity index (χ1) is 15.3. The molecule has 0 radical (unpaired) electrons. The zero-order chi connectivity index (χ0) is 23.6. The maximum atomic E-state index is 12.9. The van der Waals surface area contributed by atoms with Crippen LogP contribution in [0.2, 0.25) is 0 Å². The third kappa shape index (κ3) is 7.81. The minimum absolute atomic E-state index is 0.0606. The first-order valence-electron chi connectivity index (χ1n) is 12.0. The summed E-state index contributed by atoms with van der Waals surface area (Å²) in [6.07, 6.45) is 6.84. The zero-order valence-electron chi connectivity index (χ0n) is 20.5. The average molecular weight is 441 g/mol. The molecule has 0 aliphatic carbocycles. The minimum atomic E-state index is -0.199. The van der Waals surface area contributed by atoms with Gasteiger partial charge in [-0.1, -0.05) is 78.5 Å². The Kier molecular flexibility index (Phi) is 9.95. The molecule has 0 spiro atoms. The number of aromatic nitrogens is 2. The first-order valence-corrected chi connectivity index (χ1v) is 12.0. The lowest BCUT2D eigenvalue weighted by atomic mass is 9.92. The molecule has 0 atom stereocenters. The van der Waals surface area contributed by atoms with Crippen LogP contribution in [0.5, 0.6) is 0 Å². The van der Waals surface area contributed by atoms with Crippen LogP contribution in [0.4, 0.5) is 5.82 Å². The highest BCUT2D eigenvalue weighted by Crippen LogP contribution is 2.26. The van der Waals surface area contributed by atoms with Crippen LogP contribution in [0.3, 0.4) is 0 Å². The van der Waals surface area contributed by atoms with E-state index in [0.29, 0.717) is 18.8 Å². The quantitative estimate of drug-likeness (QED) is 0.430. The van der Waals surface area contributed by atoms with Crippen LogP contribution in [-0.2, 0) is 15.0 Å². The Morgan fingerprint density at radius 3 is 2.31 bits per heavy atom. The fraction of sp³-hybridized carbons (Fsp3) is 0.577. The SMILES string of the molecule is CCCCCCCC(=O)N(CCC)CC(=O)Nc1cc(C(C)(C)C)nn1-c1ccccc1. The topological polar surface area (TPSA) is 67.2 Å². The summed E-state index contributed by atoms with van der Waals surface area (Å²) in [5, 5.41) is 7.74. The van der Waals surface area contributed by atoms with Crippen LogP contribution in [-0.4, -0.2) is 39.6 Å². The van der Waals surface area contributed by atoms with Gasteiger partial charge < -0.3 is 10.2 Å². The zero-order valence-corrected chi connectivity index (χ0v) is 20.5. The van der Waals surface area contributed by atoms with E-state index in [1.54, 1.807) is 9.58 Å². The van der Waals surface area contributed by atoms with Crippen LogP contribution in [0, 0.1) is 0 Å². The second-order valence-corrected chi connectivity index (χ2v) is 9.44. The van der Waals surface area contributed by atoms with Gasteiger partial charge in [-0.15, -0.1) is 0 Å². The smallest absolute Gasteiger partial charge is 0.245 e. The third-order valence-corrected chi connectivity index (χ3v) is 5.42. The summed E-state index contributed by atoms with van der Waals surface area (Å²) in [6.45, 7) is 11.1. The van der Waals surface area contributed by atoms with Gasteiger partial charge in [-0.2, -0.15) is 5.10 Å². The highest BCUT2D eigenvalue weighted by molar-refractivity contribution is 5.94. The van der Waals surface area contributed by atoms with Gasteiger partial charge in [0.15, 0.2) is 0 Å². The van der Waals surface area contributed by atoms with Crippen molar-refractivity contribution in [3.05, 3.63) is 42.1 Å². The minimum Gasteiger partial charge on any atom is -0.333 e. The summed E-state index contributed by atoms with van der Waals surface area (Å²) in [5.74, 6) is 0.482. The predicted octanol–water partition coefficient (Wildman–Crippen LogP) is 5.71. The van der Waals surface area contributed by atoms with Gasteiger partial charge in [0.1, 0.15) is 5.82 Å². The van der Waals surface area contributed by atoms with Crippen molar-refractivity contribution >= 4 is 17.6 Å². The molecule has 0 aliphatic heterocycles. The largest absolute Gasteiger partial charge is 0.333 e. The van der Waals surface area contributed by atoms with Gasteiger partial charge in [-0.25, -0.2) is 4.68 Å². The number of hydrogen-bond donors (Lipinski definition) is 1. The van der Waals surface area contributed by atoms with Gasteiger partial charge in [-0.3, -0.25) is 9.59 Å². The molecule has 2 aromatic rings. The van der Waals surface area contributed by atoms with E-state index in [2.05, 4.69) is 33.0 Å². The van der Waals surface area contributed by atoms with Gasteiger partial charge in [0.2, 0.25) is 11.8 Å². The Balaban J connectivity index is 2.09. The molecule has 0 aliphatic rings. The van der Waals surface area contributed by atoms with Gasteiger partial charge >= 0.3 is 0 Å². The average Bonchev–Trinajstić information content (AvgIpc) is 3.18. The monoisotopic (exact) mass is 440 g/mol. The Labute approximate surface area is 193 Å². The van der Waals surface area contributed by atoms with E-state index in [0.717, 1.165) is 37.1 Å². The van der Waals surface area contributed by atoms with Crippen molar-refractivity contribution in [1.29, 1.82) is 0 Å². The lowest BCUT2D eigenvalue weighted by molar-refractivity contribution is -0.134. The number of carbonyl (C=O) groups excluding carboxylic acids is 2. The molecule has 6 nitrogen and oxygen atoms in total. The molecule has 1 heterocycles. The number of nitrogens with one attached hydrogen (secondary N) is 1. The van der Waals surface area contributed by atoms with Gasteiger partial charge in [0.25, 0.3) is 0 Å². The summed E-state index contributed by atoms with van der Waals surface area (Å²) >= 11 is 0. The second kappa shape index (κ2) is 12.4. The highest BCUT2D eigenvalue weighted by Gasteiger charge is 2.22. The molecule has 32 heavy (non-hydrogen) atoms. The first kappa shape index (κ1) is 25.6. The highest BCUT2D eigenvalue weighted by atomic mass is 16.2. The van der Waals surface area contributed by atoms with Gasteiger partial charge in [-0.05, 0) is 25.0 Å². The molecule has 176 valence electrons. The fourth-order valence-corrected chi connectivity index (χ4v) is 3.56. The normalized spacial score (nSPS) is 11.4. The Hall–Kier alpha value is -2.63. The summed E-state index contributed by atoms with van der Waals surface area (Å²) in [4.78, 5) is 27.3. The summed E-state index contributed by atoms with van der Waals surface area (Å²) in [5.41, 5.74) is 1.62. The van der Waals surface area contributed by atoms with E-state index >= 15 is 0 Å². The van der Waals surface area contributed by atoms with Gasteiger partial charge in [0.05, 0.1) is 17.9 Å². The molecule has 6 heteroatoms. The molecule has 1 N–H and O–H groups in total. The molecule has 2 amide bonds. The van der Waals surface area contributed by atoms with E-state index in [9.17, 15) is 9.59 Å². The Morgan fingerprint density at radius 1 is 1.00 bits per heavy atom. The predicted molar refractivity (Wildman–Crippen MR) is 131 cm³/mol. The number of hydrogen-bond acceptors (Lipinski definition) is 3. The second-order valence-electron chi connectivity index (χ2n) is 9.44. The van der Waals surface area contributed by atoms with Gasteiger partial charge in [0, 0.05) is 24.4 Å². The van der Waals surface area contributed by atoms with Crippen molar-refractivity contribution in [2.75, 3.05) is 18.4 Å². The number of rotatable bonds is 12. The summed E-state index contributed by atoms with van der Waals surface area (Å²) in [7, 11) is 0. The van der Waals surface area contributed by atoms with Crippen LogP contribution in [0.1, 0.15) is 85.3 Å². The fourth-order valence-electron chi connectivity index (χ4n) is 3.56. The number of carbonyl (C=O) groups is 2. The Bertz CT molecular complexity index is 852. The standard InChI is InChI=1S/C26H40N4O2/c1-6-8-9-10-14-17-25(32)29(18-7-2)20-24(31)27-23-19-22(26(3,4)5)28-30(23)21-15-12-11-13-16-21/h11-13,15-16,19H,6-10,14,17-18,20H2,1-5H3,(H,27,31). The van der Waals surface area contributed by atoms with E-state index in [1.807, 2.05) is 43.3 Å². The molecular weight excluding hydrogens is 400 g/mol. The van der Waals surface area contributed by atoms with Crippen LogP contribution >= 0.6 is 0 Å². The van der Waals surface area contributed by atoms with Crippen molar-refractivity contribution in [3.8, 4) is 5.69 Å². The Morgan fingerprint density at radius 2 is 1.69 bits per heavy atom. The van der Waals surface area contributed by atoms with Crippen molar-refractivity contribution in [2.24, 2.45) is 0 Å². The number of anilines is 1. The summed E-state index contributed by atoms with van der Waals surface area (Å²) in [6, 6.07) is 11.7. The molecular formula is C26H40N4O2. The molecule has 0 unspecified atom stereocenters. The van der Waals surface area contributed by atoms with Crippen molar-refractivity contribution in [2.45, 2.75) is 85.0 Å². The molecule has 1 aromatic heterocycles. The van der Waals surface area contributed by atoms with Crippen LogP contribution in [0.15, 0.2) is 36.4 Å². The molecule has 0 saturated heterocycles. The summed E-state index contributed by atoms with van der Waals surface area (Å²) < 4.78 is 1.76. The van der Waals surface area contributed by atoms with Crippen LogP contribution < -0.4 is 5.32 Å². The maximum absolute atomic E-state index is 12.9. The third-order valence-electron chi connectivity index (χ3n) is 5.42. The molecule has 1 aromatic carbocycles. The number of para-hydroxylation sites is 1. The van der Waals surface area contributed by atoms with Crippen LogP contribution in [0.25, 0.3) is 5.69 Å². The van der Waals surface area contributed by atoms with Crippen molar-refractivity contribution in [1.82, 2.24) is 14.7 Å². The molecule has 0 bridgehead atoms. The molecule has 0 fully saturated rings. The van der Waals surface area contributed by atoms with E-state index in [4.69, 9.17) is 5.10 Å². The number of unbranched alkanes of at least 4 members (excludes halogenated alkanes) is 4. The molecule has 2 rings (SSSR count).